The molecular formula is C18H27N3O3. The second-order valence-electron chi connectivity index (χ2n) is 6.71. The molecule has 1 amide bonds. The maximum absolute atomic E-state index is 12.8. The van der Waals surface area contributed by atoms with Crippen molar-refractivity contribution in [3.8, 4) is 0 Å². The maximum atomic E-state index is 12.8. The number of amides is 1. The van der Waals surface area contributed by atoms with Gasteiger partial charge in [0.1, 0.15) is 0 Å². The summed E-state index contributed by atoms with van der Waals surface area (Å²) in [6.07, 6.45) is 4.09. The van der Waals surface area contributed by atoms with Gasteiger partial charge in [-0.3, -0.25) is 14.9 Å². The number of carbonyl (C=O) groups is 1. The highest BCUT2D eigenvalue weighted by Crippen LogP contribution is 2.30. The first kappa shape index (κ1) is 18.2. The molecule has 0 bridgehead atoms. The zero-order valence-corrected chi connectivity index (χ0v) is 14.8. The van der Waals surface area contributed by atoms with Crippen molar-refractivity contribution in [2.45, 2.75) is 39.5 Å². The molecule has 0 spiro atoms. The van der Waals surface area contributed by atoms with Gasteiger partial charge in [0.25, 0.3) is 11.6 Å². The van der Waals surface area contributed by atoms with Gasteiger partial charge in [-0.25, -0.2) is 0 Å². The minimum Gasteiger partial charge on any atom is -0.371 e. The van der Waals surface area contributed by atoms with Gasteiger partial charge in [-0.1, -0.05) is 20.3 Å². The number of nitrogens with zero attached hydrogens (tertiary/aromatic N) is 3. The first-order valence-corrected chi connectivity index (χ1v) is 8.72. The van der Waals surface area contributed by atoms with Crippen LogP contribution in [0.25, 0.3) is 0 Å². The average Bonchev–Trinajstić information content (AvgIpc) is 2.59. The van der Waals surface area contributed by atoms with Crippen molar-refractivity contribution in [2.24, 2.45) is 5.92 Å². The summed E-state index contributed by atoms with van der Waals surface area (Å²) in [6, 6.07) is 4.66. The van der Waals surface area contributed by atoms with Gasteiger partial charge in [0.2, 0.25) is 0 Å². The summed E-state index contributed by atoms with van der Waals surface area (Å²) in [7, 11) is 1.76. The van der Waals surface area contributed by atoms with Gasteiger partial charge in [-0.05, 0) is 31.2 Å². The number of anilines is 1. The highest BCUT2D eigenvalue weighted by atomic mass is 16.6. The lowest BCUT2D eigenvalue weighted by Crippen LogP contribution is -2.35. The molecule has 0 unspecified atom stereocenters. The van der Waals surface area contributed by atoms with Crippen molar-refractivity contribution in [3.63, 3.8) is 0 Å². The number of nitro groups is 1. The molecule has 0 atom stereocenters. The van der Waals surface area contributed by atoms with Gasteiger partial charge in [0.05, 0.1) is 16.2 Å². The molecule has 1 fully saturated rings. The highest BCUT2D eigenvalue weighted by molar-refractivity contribution is 6.00. The molecule has 0 aliphatic carbocycles. The van der Waals surface area contributed by atoms with E-state index in [1.165, 1.54) is 12.1 Å². The van der Waals surface area contributed by atoms with Crippen molar-refractivity contribution in [3.05, 3.63) is 33.9 Å². The number of rotatable bonds is 6. The van der Waals surface area contributed by atoms with Crippen molar-refractivity contribution in [2.75, 3.05) is 31.6 Å². The number of carbonyl (C=O) groups excluding carboxylic acids is 1. The summed E-state index contributed by atoms with van der Waals surface area (Å²) in [5.41, 5.74) is 1.23. The first-order valence-electron chi connectivity index (χ1n) is 8.72. The Morgan fingerprint density at radius 2 is 2.04 bits per heavy atom. The molecule has 2 rings (SSSR count). The summed E-state index contributed by atoms with van der Waals surface area (Å²) < 4.78 is 0. The van der Waals surface area contributed by atoms with Crippen LogP contribution in [-0.4, -0.2) is 42.4 Å². The molecule has 0 aromatic heterocycles. The molecule has 6 heteroatoms. The number of benzene rings is 1. The molecule has 0 radical (unpaired) electrons. The lowest BCUT2D eigenvalue weighted by molar-refractivity contribution is -0.384. The van der Waals surface area contributed by atoms with Crippen molar-refractivity contribution >= 4 is 17.3 Å². The third-order valence-electron chi connectivity index (χ3n) is 4.74. The Kier molecular flexibility index (Phi) is 6.17. The molecule has 1 saturated heterocycles. The molecule has 0 saturated carbocycles. The van der Waals surface area contributed by atoms with Crippen LogP contribution in [0.15, 0.2) is 18.2 Å². The zero-order valence-electron chi connectivity index (χ0n) is 14.8. The van der Waals surface area contributed by atoms with Crippen LogP contribution in [0.1, 0.15) is 49.9 Å². The van der Waals surface area contributed by atoms with Crippen LogP contribution in [-0.2, 0) is 0 Å². The fourth-order valence-corrected chi connectivity index (χ4v) is 3.04. The van der Waals surface area contributed by atoms with E-state index >= 15 is 0 Å². The SMILES string of the molecule is CCCCN(C)C(=O)c1cc([N+](=O)[O-])ccc1N1CCC(C)CC1. The Bertz CT molecular complexity index is 595. The van der Waals surface area contributed by atoms with Crippen LogP contribution in [0, 0.1) is 16.0 Å². The van der Waals surface area contributed by atoms with E-state index in [1.807, 2.05) is 0 Å². The predicted molar refractivity (Wildman–Crippen MR) is 95.6 cm³/mol. The van der Waals surface area contributed by atoms with Crippen molar-refractivity contribution in [1.82, 2.24) is 4.90 Å². The number of piperidine rings is 1. The van der Waals surface area contributed by atoms with Crippen LogP contribution in [0.5, 0.6) is 0 Å². The Hall–Kier alpha value is -2.11. The monoisotopic (exact) mass is 333 g/mol. The second-order valence-corrected chi connectivity index (χ2v) is 6.71. The molecule has 1 aliphatic rings. The Labute approximate surface area is 143 Å². The molecule has 1 aromatic carbocycles. The largest absolute Gasteiger partial charge is 0.371 e. The van der Waals surface area contributed by atoms with Gasteiger partial charge in [0.15, 0.2) is 0 Å². The van der Waals surface area contributed by atoms with Gasteiger partial charge in [0, 0.05) is 38.8 Å². The highest BCUT2D eigenvalue weighted by Gasteiger charge is 2.24. The van der Waals surface area contributed by atoms with Gasteiger partial charge in [-0.2, -0.15) is 0 Å². The summed E-state index contributed by atoms with van der Waals surface area (Å²) in [5, 5.41) is 11.1. The number of hydrogen-bond donors (Lipinski definition) is 0. The molecule has 1 aliphatic heterocycles. The Balaban J connectivity index is 2.32. The topological polar surface area (TPSA) is 66.7 Å². The van der Waals surface area contributed by atoms with Crippen LogP contribution in [0.3, 0.4) is 0 Å². The van der Waals surface area contributed by atoms with Crippen LogP contribution in [0.2, 0.25) is 0 Å². The second kappa shape index (κ2) is 8.13. The molecule has 132 valence electrons. The van der Waals surface area contributed by atoms with E-state index in [-0.39, 0.29) is 11.6 Å². The van der Waals surface area contributed by atoms with E-state index in [4.69, 9.17) is 0 Å². The third-order valence-corrected chi connectivity index (χ3v) is 4.74. The van der Waals surface area contributed by atoms with Gasteiger partial charge < -0.3 is 9.80 Å². The number of hydrogen-bond acceptors (Lipinski definition) is 4. The summed E-state index contributed by atoms with van der Waals surface area (Å²) in [5.74, 6) is 0.548. The standard InChI is InChI=1S/C18H27N3O3/c1-4-5-10-19(3)18(22)16-13-15(21(23)24)6-7-17(16)20-11-8-14(2)9-12-20/h6-7,13-14H,4-5,8-12H2,1-3H3. The van der Waals surface area contributed by atoms with E-state index < -0.39 is 4.92 Å². The van der Waals surface area contributed by atoms with E-state index in [0.717, 1.165) is 44.5 Å². The Morgan fingerprint density at radius 3 is 2.62 bits per heavy atom. The van der Waals surface area contributed by atoms with E-state index in [1.54, 1.807) is 18.0 Å². The first-order chi connectivity index (χ1) is 11.4. The van der Waals surface area contributed by atoms with Gasteiger partial charge in [-0.15, -0.1) is 0 Å². The fraction of sp³-hybridized carbons (Fsp3) is 0.611. The number of nitro benzene ring substituents is 1. The fourth-order valence-electron chi connectivity index (χ4n) is 3.04. The number of unbranched alkanes of at least 4 members (excludes halogenated alkanes) is 1. The third kappa shape index (κ3) is 4.24. The van der Waals surface area contributed by atoms with Crippen LogP contribution in [0.4, 0.5) is 11.4 Å². The Morgan fingerprint density at radius 1 is 1.38 bits per heavy atom. The predicted octanol–water partition coefficient (Wildman–Crippen LogP) is 3.70. The van der Waals surface area contributed by atoms with Crippen LogP contribution >= 0.6 is 0 Å². The molecular weight excluding hydrogens is 306 g/mol. The molecule has 6 nitrogen and oxygen atoms in total. The minimum absolute atomic E-state index is 0.0311. The molecule has 1 heterocycles. The van der Waals surface area contributed by atoms with Crippen molar-refractivity contribution in [1.29, 1.82) is 0 Å². The normalized spacial score (nSPS) is 15.4. The number of non-ortho nitro benzene ring substituents is 1. The summed E-state index contributed by atoms with van der Waals surface area (Å²) >= 11 is 0. The minimum atomic E-state index is -0.440. The van der Waals surface area contributed by atoms with E-state index in [2.05, 4.69) is 18.7 Å². The van der Waals surface area contributed by atoms with Crippen LogP contribution < -0.4 is 4.90 Å². The molecule has 1 aromatic rings. The lowest BCUT2D eigenvalue weighted by atomic mass is 9.97. The average molecular weight is 333 g/mol. The quantitative estimate of drug-likeness (QED) is 0.588. The van der Waals surface area contributed by atoms with Crippen molar-refractivity contribution < 1.29 is 9.72 Å². The maximum Gasteiger partial charge on any atom is 0.270 e. The van der Waals surface area contributed by atoms with E-state index in [9.17, 15) is 14.9 Å². The smallest absolute Gasteiger partial charge is 0.270 e. The van der Waals surface area contributed by atoms with E-state index in [0.29, 0.717) is 18.0 Å². The molecule has 0 N–H and O–H groups in total. The molecule has 24 heavy (non-hydrogen) atoms. The zero-order chi connectivity index (χ0) is 17.7. The lowest BCUT2D eigenvalue weighted by Gasteiger charge is -2.33. The summed E-state index contributed by atoms with van der Waals surface area (Å²) in [6.45, 7) is 6.74. The summed E-state index contributed by atoms with van der Waals surface area (Å²) in [4.78, 5) is 27.4. The van der Waals surface area contributed by atoms with Gasteiger partial charge >= 0.3 is 0 Å².